The topological polar surface area (TPSA) is 9.23 Å². The maximum absolute atomic E-state index is 12.1. The number of aryl methyl sites for hydroxylation is 1. The minimum Gasteiger partial charge on any atom is -0.435 e. The molecular weight excluding hydrogens is 298 g/mol. The van der Waals surface area contributed by atoms with E-state index in [1.807, 2.05) is 12.3 Å². The van der Waals surface area contributed by atoms with Crippen molar-refractivity contribution in [2.24, 2.45) is 0 Å². The standard InChI is InChI=1S/C11H13BrF2OS/c1-16-10-5-4-9(15-11(13)14)7-8(10)3-2-6-12/h4-5,7,11H,2-3,6H2,1H3. The van der Waals surface area contributed by atoms with E-state index < -0.39 is 6.61 Å². The second kappa shape index (κ2) is 7.12. The highest BCUT2D eigenvalue weighted by atomic mass is 79.9. The summed E-state index contributed by atoms with van der Waals surface area (Å²) in [5.41, 5.74) is 1.06. The molecule has 0 aliphatic carbocycles. The molecule has 0 atom stereocenters. The molecule has 1 aromatic carbocycles. The van der Waals surface area contributed by atoms with Gasteiger partial charge in [-0.25, -0.2) is 0 Å². The van der Waals surface area contributed by atoms with Gasteiger partial charge in [0.15, 0.2) is 0 Å². The molecule has 0 aliphatic heterocycles. The fourth-order valence-electron chi connectivity index (χ4n) is 1.38. The molecule has 0 N–H and O–H groups in total. The van der Waals surface area contributed by atoms with E-state index >= 15 is 0 Å². The minimum absolute atomic E-state index is 0.234. The fourth-order valence-corrected chi connectivity index (χ4v) is 2.29. The molecule has 0 spiro atoms. The van der Waals surface area contributed by atoms with E-state index in [2.05, 4.69) is 20.7 Å². The molecule has 1 nitrogen and oxygen atoms in total. The van der Waals surface area contributed by atoms with Gasteiger partial charge in [0.2, 0.25) is 0 Å². The van der Waals surface area contributed by atoms with E-state index in [-0.39, 0.29) is 5.75 Å². The summed E-state index contributed by atoms with van der Waals surface area (Å²) in [7, 11) is 0. The summed E-state index contributed by atoms with van der Waals surface area (Å²) in [6.07, 6.45) is 3.81. The first-order valence-electron chi connectivity index (χ1n) is 4.85. The smallest absolute Gasteiger partial charge is 0.387 e. The first-order valence-corrected chi connectivity index (χ1v) is 7.19. The molecule has 0 radical (unpaired) electrons. The Morgan fingerprint density at radius 1 is 1.44 bits per heavy atom. The van der Waals surface area contributed by atoms with Gasteiger partial charge < -0.3 is 4.74 Å². The zero-order valence-corrected chi connectivity index (χ0v) is 11.3. The molecule has 0 heterocycles. The van der Waals surface area contributed by atoms with E-state index in [1.54, 1.807) is 23.9 Å². The maximum Gasteiger partial charge on any atom is 0.387 e. The first-order chi connectivity index (χ1) is 7.67. The highest BCUT2D eigenvalue weighted by Crippen LogP contribution is 2.27. The lowest BCUT2D eigenvalue weighted by Gasteiger charge is -2.10. The number of benzene rings is 1. The van der Waals surface area contributed by atoms with Gasteiger partial charge in [0.25, 0.3) is 0 Å². The van der Waals surface area contributed by atoms with Crippen LogP contribution in [0.3, 0.4) is 0 Å². The number of hydrogen-bond acceptors (Lipinski definition) is 2. The van der Waals surface area contributed by atoms with Crippen LogP contribution in [0.2, 0.25) is 0 Å². The van der Waals surface area contributed by atoms with Gasteiger partial charge in [-0.05, 0) is 42.9 Å². The van der Waals surface area contributed by atoms with Crippen LogP contribution >= 0.6 is 27.7 Å². The second-order valence-electron chi connectivity index (χ2n) is 3.14. The third-order valence-electron chi connectivity index (χ3n) is 2.06. The number of ether oxygens (including phenoxy) is 1. The molecular formula is C11H13BrF2OS. The van der Waals surface area contributed by atoms with E-state index in [0.29, 0.717) is 0 Å². The molecule has 90 valence electrons. The van der Waals surface area contributed by atoms with Crippen molar-refractivity contribution in [1.29, 1.82) is 0 Å². The lowest BCUT2D eigenvalue weighted by molar-refractivity contribution is -0.0499. The van der Waals surface area contributed by atoms with Gasteiger partial charge in [-0.2, -0.15) is 8.78 Å². The highest BCUT2D eigenvalue weighted by molar-refractivity contribution is 9.09. The number of alkyl halides is 3. The highest BCUT2D eigenvalue weighted by Gasteiger charge is 2.07. The van der Waals surface area contributed by atoms with Gasteiger partial charge in [-0.3, -0.25) is 0 Å². The van der Waals surface area contributed by atoms with Crippen LogP contribution in [-0.2, 0) is 6.42 Å². The van der Waals surface area contributed by atoms with E-state index in [1.165, 1.54) is 0 Å². The fraction of sp³-hybridized carbons (Fsp3) is 0.455. The van der Waals surface area contributed by atoms with Crippen LogP contribution in [0, 0.1) is 0 Å². The quantitative estimate of drug-likeness (QED) is 0.571. The van der Waals surface area contributed by atoms with Gasteiger partial charge in [-0.1, -0.05) is 15.9 Å². The largest absolute Gasteiger partial charge is 0.435 e. The Labute approximate surface area is 107 Å². The predicted molar refractivity (Wildman–Crippen MR) is 67.0 cm³/mol. The molecule has 0 unspecified atom stereocenters. The molecule has 1 rings (SSSR count). The summed E-state index contributed by atoms with van der Waals surface area (Å²) in [5.74, 6) is 0.234. The molecule has 0 aliphatic rings. The SMILES string of the molecule is CSc1ccc(OC(F)F)cc1CCCBr. The van der Waals surface area contributed by atoms with E-state index in [4.69, 9.17) is 0 Å². The molecule has 0 bridgehead atoms. The van der Waals surface area contributed by atoms with Crippen molar-refractivity contribution in [3.05, 3.63) is 23.8 Å². The van der Waals surface area contributed by atoms with E-state index in [0.717, 1.165) is 28.6 Å². The third-order valence-corrected chi connectivity index (χ3v) is 3.46. The Morgan fingerprint density at radius 2 is 2.19 bits per heavy atom. The monoisotopic (exact) mass is 310 g/mol. The van der Waals surface area contributed by atoms with Crippen molar-refractivity contribution in [1.82, 2.24) is 0 Å². The van der Waals surface area contributed by atoms with Crippen molar-refractivity contribution in [2.75, 3.05) is 11.6 Å². The molecule has 0 saturated heterocycles. The van der Waals surface area contributed by atoms with Crippen molar-refractivity contribution >= 4 is 27.7 Å². The van der Waals surface area contributed by atoms with Crippen LogP contribution in [0.25, 0.3) is 0 Å². The molecule has 0 saturated carbocycles. The zero-order chi connectivity index (χ0) is 12.0. The van der Waals surface area contributed by atoms with E-state index in [9.17, 15) is 8.78 Å². The Kier molecular flexibility index (Phi) is 6.13. The Balaban J connectivity index is 2.83. The Hall–Kier alpha value is -0.290. The number of thioether (sulfide) groups is 1. The van der Waals surface area contributed by atoms with Gasteiger partial charge in [-0.15, -0.1) is 11.8 Å². The summed E-state index contributed by atoms with van der Waals surface area (Å²) in [4.78, 5) is 1.11. The second-order valence-corrected chi connectivity index (χ2v) is 4.79. The average Bonchev–Trinajstić information content (AvgIpc) is 2.25. The zero-order valence-electron chi connectivity index (χ0n) is 8.88. The van der Waals surface area contributed by atoms with Crippen LogP contribution in [0.4, 0.5) is 8.78 Å². The van der Waals surface area contributed by atoms with Crippen molar-refractivity contribution < 1.29 is 13.5 Å². The van der Waals surface area contributed by atoms with Crippen LogP contribution in [0.1, 0.15) is 12.0 Å². The van der Waals surface area contributed by atoms with Gasteiger partial charge in [0.05, 0.1) is 0 Å². The van der Waals surface area contributed by atoms with Gasteiger partial charge >= 0.3 is 6.61 Å². The summed E-state index contributed by atoms with van der Waals surface area (Å²) in [6, 6.07) is 5.10. The molecule has 5 heteroatoms. The maximum atomic E-state index is 12.1. The van der Waals surface area contributed by atoms with Crippen LogP contribution in [0.5, 0.6) is 5.75 Å². The van der Waals surface area contributed by atoms with Crippen molar-refractivity contribution in [3.63, 3.8) is 0 Å². The van der Waals surface area contributed by atoms with Gasteiger partial charge in [0, 0.05) is 10.2 Å². The summed E-state index contributed by atoms with van der Waals surface area (Å²) < 4.78 is 28.5. The first kappa shape index (κ1) is 13.8. The average molecular weight is 311 g/mol. The minimum atomic E-state index is -2.76. The number of hydrogen-bond donors (Lipinski definition) is 0. The third kappa shape index (κ3) is 4.29. The van der Waals surface area contributed by atoms with Crippen molar-refractivity contribution in [3.8, 4) is 5.75 Å². The Morgan fingerprint density at radius 3 is 2.75 bits per heavy atom. The van der Waals surface area contributed by atoms with Crippen LogP contribution in [0.15, 0.2) is 23.1 Å². The molecule has 16 heavy (non-hydrogen) atoms. The molecule has 0 aromatic heterocycles. The van der Waals surface area contributed by atoms with Crippen LogP contribution in [-0.4, -0.2) is 18.2 Å². The summed E-state index contributed by atoms with van der Waals surface area (Å²) in [5, 5.41) is 0.904. The molecule has 1 aromatic rings. The lowest BCUT2D eigenvalue weighted by Crippen LogP contribution is -2.02. The predicted octanol–water partition coefficient (Wildman–Crippen LogP) is 4.34. The van der Waals surface area contributed by atoms with Crippen molar-refractivity contribution in [2.45, 2.75) is 24.3 Å². The normalized spacial score (nSPS) is 10.8. The van der Waals surface area contributed by atoms with Gasteiger partial charge in [0.1, 0.15) is 5.75 Å². The molecule has 0 fully saturated rings. The Bertz CT molecular complexity index is 334. The molecule has 0 amide bonds. The summed E-state index contributed by atoms with van der Waals surface area (Å²) in [6.45, 7) is -2.76. The number of rotatable bonds is 6. The number of halogens is 3. The lowest BCUT2D eigenvalue weighted by atomic mass is 10.1. The summed E-state index contributed by atoms with van der Waals surface area (Å²) >= 11 is 4.97. The van der Waals surface area contributed by atoms with Crippen LogP contribution < -0.4 is 4.74 Å².